The second-order valence-electron chi connectivity index (χ2n) is 7.64. The van der Waals surface area contributed by atoms with Crippen LogP contribution in [0.3, 0.4) is 0 Å². The number of hydrogen-bond acceptors (Lipinski definition) is 4. The number of benzene rings is 1. The Morgan fingerprint density at radius 2 is 1.85 bits per heavy atom. The lowest BCUT2D eigenvalue weighted by atomic mass is 9.82. The van der Waals surface area contributed by atoms with Gasteiger partial charge in [0.25, 0.3) is 0 Å². The number of piperidine rings is 1. The summed E-state index contributed by atoms with van der Waals surface area (Å²) in [5.41, 5.74) is 0.737. The second-order valence-corrected chi connectivity index (χ2v) is 8.78. The van der Waals surface area contributed by atoms with Gasteiger partial charge in [0.1, 0.15) is 11.6 Å². The standard InChI is InChI=1S/C19H29F2N3O2S/c1-27(25)23-18-3-2-8-24(22)19(18)12-26-17-6-4-13(5-7-17)14-9-15(20)11-16(21)10-14/h9-11,13,17-19,23H,2-8,12,22H2,1H3. The van der Waals surface area contributed by atoms with Crippen LogP contribution in [0.25, 0.3) is 0 Å². The van der Waals surface area contributed by atoms with E-state index >= 15 is 0 Å². The maximum Gasteiger partial charge on any atom is 0.126 e. The van der Waals surface area contributed by atoms with Gasteiger partial charge in [0.05, 0.1) is 29.7 Å². The highest BCUT2D eigenvalue weighted by Crippen LogP contribution is 2.35. The van der Waals surface area contributed by atoms with E-state index in [-0.39, 0.29) is 24.1 Å². The fourth-order valence-electron chi connectivity index (χ4n) is 4.25. The Balaban J connectivity index is 1.50. The zero-order valence-corrected chi connectivity index (χ0v) is 16.5. The molecule has 0 spiro atoms. The van der Waals surface area contributed by atoms with E-state index in [0.29, 0.717) is 6.61 Å². The Hall–Kier alpha value is -0.930. The van der Waals surface area contributed by atoms with Crippen molar-refractivity contribution < 1.29 is 17.7 Å². The number of halogens is 2. The first kappa shape index (κ1) is 20.8. The van der Waals surface area contributed by atoms with Gasteiger partial charge < -0.3 is 4.74 Å². The van der Waals surface area contributed by atoms with Crippen molar-refractivity contribution in [1.82, 2.24) is 9.73 Å². The van der Waals surface area contributed by atoms with Crippen LogP contribution < -0.4 is 10.6 Å². The topological polar surface area (TPSA) is 67.6 Å². The average Bonchev–Trinajstić information content (AvgIpc) is 2.60. The van der Waals surface area contributed by atoms with Gasteiger partial charge in [-0.2, -0.15) is 0 Å². The van der Waals surface area contributed by atoms with E-state index in [9.17, 15) is 13.0 Å². The third-order valence-electron chi connectivity index (χ3n) is 5.67. The molecule has 1 saturated heterocycles. The van der Waals surface area contributed by atoms with Gasteiger partial charge in [0, 0.05) is 24.9 Å². The molecule has 1 heterocycles. The molecule has 1 aromatic rings. The summed E-state index contributed by atoms with van der Waals surface area (Å²) >= 11 is 0. The molecule has 1 aliphatic carbocycles. The smallest absolute Gasteiger partial charge is 0.126 e. The fraction of sp³-hybridized carbons (Fsp3) is 0.684. The van der Waals surface area contributed by atoms with Gasteiger partial charge >= 0.3 is 0 Å². The summed E-state index contributed by atoms with van der Waals surface area (Å²) in [6, 6.07) is 3.84. The summed E-state index contributed by atoms with van der Waals surface area (Å²) < 4.78 is 47.6. The van der Waals surface area contributed by atoms with Crippen molar-refractivity contribution in [3.63, 3.8) is 0 Å². The van der Waals surface area contributed by atoms with Crippen molar-refractivity contribution in [3.05, 3.63) is 35.4 Å². The lowest BCUT2D eigenvalue weighted by molar-refractivity contribution is -0.0275. The highest BCUT2D eigenvalue weighted by Gasteiger charge is 2.32. The van der Waals surface area contributed by atoms with Gasteiger partial charge in [-0.15, -0.1) is 0 Å². The van der Waals surface area contributed by atoms with Crippen LogP contribution in [0.15, 0.2) is 18.2 Å². The van der Waals surface area contributed by atoms with Gasteiger partial charge in [-0.05, 0) is 62.1 Å². The van der Waals surface area contributed by atoms with E-state index in [2.05, 4.69) is 4.72 Å². The van der Waals surface area contributed by atoms with Crippen molar-refractivity contribution >= 4 is 11.0 Å². The molecule has 2 aliphatic rings. The van der Waals surface area contributed by atoms with Crippen LogP contribution in [0, 0.1) is 11.6 Å². The van der Waals surface area contributed by atoms with E-state index in [1.807, 2.05) is 0 Å². The monoisotopic (exact) mass is 401 g/mol. The first-order valence-electron chi connectivity index (χ1n) is 9.61. The predicted octanol–water partition coefficient (Wildman–Crippen LogP) is 2.60. The molecule has 27 heavy (non-hydrogen) atoms. The lowest BCUT2D eigenvalue weighted by Crippen LogP contribution is -2.59. The number of nitrogens with zero attached hydrogens (tertiary/aromatic N) is 1. The Labute approximate surface area is 162 Å². The van der Waals surface area contributed by atoms with Crippen LogP contribution in [0.4, 0.5) is 8.78 Å². The molecule has 0 aromatic heterocycles. The molecular formula is C19H29F2N3O2S. The van der Waals surface area contributed by atoms with E-state index < -0.39 is 22.6 Å². The Morgan fingerprint density at radius 3 is 2.48 bits per heavy atom. The average molecular weight is 402 g/mol. The number of ether oxygens (including phenoxy) is 1. The summed E-state index contributed by atoms with van der Waals surface area (Å²) in [6.07, 6.45) is 7.08. The predicted molar refractivity (Wildman–Crippen MR) is 102 cm³/mol. The molecule has 5 nitrogen and oxygen atoms in total. The molecule has 3 atom stereocenters. The minimum absolute atomic E-state index is 0.00214. The largest absolute Gasteiger partial charge is 0.376 e. The zero-order chi connectivity index (χ0) is 19.4. The van der Waals surface area contributed by atoms with Crippen LogP contribution >= 0.6 is 0 Å². The number of nitrogens with two attached hydrogens (primary N) is 1. The lowest BCUT2D eigenvalue weighted by Gasteiger charge is -2.39. The minimum atomic E-state index is -1.09. The normalized spacial score (nSPS) is 31.0. The molecule has 152 valence electrons. The van der Waals surface area contributed by atoms with Gasteiger partial charge in [-0.1, -0.05) is 0 Å². The number of rotatable bonds is 6. The number of hydrazine groups is 1. The molecule has 2 fully saturated rings. The van der Waals surface area contributed by atoms with E-state index in [0.717, 1.165) is 56.7 Å². The molecular weight excluding hydrogens is 372 g/mol. The third kappa shape index (κ3) is 5.77. The molecule has 0 amide bonds. The van der Waals surface area contributed by atoms with Gasteiger partial charge in [0.2, 0.25) is 0 Å². The molecule has 1 saturated carbocycles. The quantitative estimate of drug-likeness (QED) is 0.719. The summed E-state index contributed by atoms with van der Waals surface area (Å²) in [4.78, 5) is 0. The molecule has 0 bridgehead atoms. The Kier molecular flexibility index (Phi) is 7.33. The molecule has 8 heteroatoms. The Bertz CT molecular complexity index is 636. The van der Waals surface area contributed by atoms with E-state index in [1.54, 1.807) is 11.3 Å². The number of hydrogen-bond donors (Lipinski definition) is 2. The van der Waals surface area contributed by atoms with Crippen molar-refractivity contribution in [2.75, 3.05) is 19.4 Å². The minimum Gasteiger partial charge on any atom is -0.376 e. The molecule has 3 unspecified atom stereocenters. The first-order valence-corrected chi connectivity index (χ1v) is 11.2. The first-order chi connectivity index (χ1) is 12.9. The Morgan fingerprint density at radius 1 is 1.19 bits per heavy atom. The summed E-state index contributed by atoms with van der Waals surface area (Å²) in [5, 5.41) is 1.79. The summed E-state index contributed by atoms with van der Waals surface area (Å²) in [6.45, 7) is 1.30. The van der Waals surface area contributed by atoms with Crippen LogP contribution in [-0.4, -0.2) is 46.8 Å². The highest BCUT2D eigenvalue weighted by atomic mass is 32.2. The van der Waals surface area contributed by atoms with E-state index in [1.165, 1.54) is 12.1 Å². The molecule has 1 aromatic carbocycles. The summed E-state index contributed by atoms with van der Waals surface area (Å²) in [5.74, 6) is 5.27. The van der Waals surface area contributed by atoms with Crippen LogP contribution in [0.1, 0.15) is 50.0 Å². The van der Waals surface area contributed by atoms with Crippen molar-refractivity contribution in [2.24, 2.45) is 5.84 Å². The van der Waals surface area contributed by atoms with Crippen molar-refractivity contribution in [2.45, 2.75) is 62.6 Å². The maximum atomic E-state index is 13.4. The number of nitrogens with one attached hydrogen (secondary N) is 1. The zero-order valence-electron chi connectivity index (χ0n) is 15.7. The maximum absolute atomic E-state index is 13.4. The molecule has 3 N–H and O–H groups in total. The van der Waals surface area contributed by atoms with Crippen molar-refractivity contribution in [3.8, 4) is 0 Å². The molecule has 0 radical (unpaired) electrons. The van der Waals surface area contributed by atoms with E-state index in [4.69, 9.17) is 10.6 Å². The van der Waals surface area contributed by atoms with Crippen molar-refractivity contribution in [1.29, 1.82) is 0 Å². The fourth-order valence-corrected chi connectivity index (χ4v) is 4.96. The van der Waals surface area contributed by atoms with Crippen LogP contribution in [-0.2, 0) is 15.7 Å². The van der Waals surface area contributed by atoms with Gasteiger partial charge in [-0.25, -0.2) is 22.7 Å². The van der Waals surface area contributed by atoms with Gasteiger partial charge in [0.15, 0.2) is 0 Å². The highest BCUT2D eigenvalue weighted by molar-refractivity contribution is 7.82. The van der Waals surface area contributed by atoms with Crippen LogP contribution in [0.2, 0.25) is 0 Å². The van der Waals surface area contributed by atoms with Gasteiger partial charge in [-0.3, -0.25) is 5.84 Å². The van der Waals surface area contributed by atoms with Crippen LogP contribution in [0.5, 0.6) is 0 Å². The summed E-state index contributed by atoms with van der Waals surface area (Å²) in [7, 11) is -1.09. The SMILES string of the molecule is CS(=O)NC1CCCN(N)C1COC1CCC(c2cc(F)cc(F)c2)CC1. The molecule has 1 aliphatic heterocycles. The third-order valence-corrected chi connectivity index (χ3v) is 6.31. The second kappa shape index (κ2) is 9.52. The molecule has 3 rings (SSSR count).